The van der Waals surface area contributed by atoms with Gasteiger partial charge in [-0.05, 0) is 12.5 Å². The lowest BCUT2D eigenvalue weighted by Crippen LogP contribution is -2.19. The number of aromatic nitrogens is 1. The smallest absolute Gasteiger partial charge is 0.481 e. The molecule has 0 aliphatic rings. The van der Waals surface area contributed by atoms with Gasteiger partial charge < -0.3 is 9.47 Å². The van der Waals surface area contributed by atoms with Gasteiger partial charge in [0.05, 0.1) is 19.6 Å². The molecule has 0 N–H and O–H groups in total. The monoisotopic (exact) mass is 246 g/mol. The Labute approximate surface area is 95.6 Å². The fourth-order valence-electron chi connectivity index (χ4n) is 1.23. The fourth-order valence-corrected chi connectivity index (χ4v) is 1.23. The summed E-state index contributed by atoms with van der Waals surface area (Å²) >= 11 is 0. The molecular formula is C10H9F3N2O2. The van der Waals surface area contributed by atoms with Crippen LogP contribution >= 0.6 is 0 Å². The summed E-state index contributed by atoms with van der Waals surface area (Å²) in [6.07, 6.45) is -5.07. The van der Waals surface area contributed by atoms with Crippen LogP contribution in [0.2, 0.25) is 0 Å². The van der Waals surface area contributed by atoms with Crippen LogP contribution in [0.3, 0.4) is 0 Å². The summed E-state index contributed by atoms with van der Waals surface area (Å²) in [6, 6.07) is 3.20. The van der Waals surface area contributed by atoms with E-state index in [9.17, 15) is 13.2 Å². The van der Waals surface area contributed by atoms with E-state index in [1.165, 1.54) is 13.2 Å². The number of aryl methyl sites for hydroxylation is 1. The third kappa shape index (κ3) is 3.52. The van der Waals surface area contributed by atoms with Crippen molar-refractivity contribution in [3.05, 3.63) is 17.2 Å². The van der Waals surface area contributed by atoms with E-state index in [0.29, 0.717) is 5.56 Å². The molecular weight excluding hydrogens is 237 g/mol. The maximum Gasteiger partial charge on any atom is 0.574 e. The molecule has 0 saturated heterocycles. The Morgan fingerprint density at radius 1 is 1.47 bits per heavy atom. The Morgan fingerprint density at radius 2 is 2.12 bits per heavy atom. The van der Waals surface area contributed by atoms with Crippen LogP contribution in [0, 0.1) is 18.3 Å². The molecule has 0 saturated carbocycles. The van der Waals surface area contributed by atoms with E-state index < -0.39 is 12.2 Å². The average molecular weight is 246 g/mol. The van der Waals surface area contributed by atoms with E-state index in [1.807, 2.05) is 0 Å². The number of rotatable bonds is 3. The minimum Gasteiger partial charge on any atom is -0.481 e. The highest BCUT2D eigenvalue weighted by molar-refractivity contribution is 5.39. The summed E-state index contributed by atoms with van der Waals surface area (Å²) in [4.78, 5) is 3.54. The first-order valence-corrected chi connectivity index (χ1v) is 4.54. The Balaban J connectivity index is 3.23. The molecule has 1 aromatic heterocycles. The van der Waals surface area contributed by atoms with Crippen molar-refractivity contribution in [3.63, 3.8) is 0 Å². The molecule has 17 heavy (non-hydrogen) atoms. The quantitative estimate of drug-likeness (QED) is 0.821. The van der Waals surface area contributed by atoms with E-state index in [0.717, 1.165) is 0 Å². The lowest BCUT2D eigenvalue weighted by molar-refractivity contribution is -0.276. The van der Waals surface area contributed by atoms with Crippen LogP contribution in [-0.2, 0) is 6.42 Å². The highest BCUT2D eigenvalue weighted by atomic mass is 19.4. The number of methoxy groups -OCH3 is 1. The van der Waals surface area contributed by atoms with Crippen molar-refractivity contribution in [1.82, 2.24) is 4.98 Å². The summed E-state index contributed by atoms with van der Waals surface area (Å²) in [5.41, 5.74) is 0.559. The molecule has 0 aromatic carbocycles. The van der Waals surface area contributed by atoms with Crippen LogP contribution in [0.5, 0.6) is 11.8 Å². The van der Waals surface area contributed by atoms with Crippen molar-refractivity contribution in [3.8, 4) is 17.8 Å². The summed E-state index contributed by atoms with van der Waals surface area (Å²) in [5.74, 6) is -0.640. The summed E-state index contributed by atoms with van der Waals surface area (Å²) in [7, 11) is 1.28. The van der Waals surface area contributed by atoms with Gasteiger partial charge in [-0.25, -0.2) is 0 Å². The molecule has 1 aromatic rings. The van der Waals surface area contributed by atoms with Crippen molar-refractivity contribution >= 4 is 0 Å². The summed E-state index contributed by atoms with van der Waals surface area (Å²) in [6.45, 7) is 1.56. The number of nitrogens with zero attached hydrogens (tertiary/aromatic N) is 2. The van der Waals surface area contributed by atoms with Crippen molar-refractivity contribution in [1.29, 1.82) is 5.26 Å². The molecule has 92 valence electrons. The Kier molecular flexibility index (Phi) is 3.78. The molecule has 0 amide bonds. The molecule has 7 heteroatoms. The maximum absolute atomic E-state index is 12.1. The molecule has 4 nitrogen and oxygen atoms in total. The molecule has 1 heterocycles. The number of hydrogen-bond acceptors (Lipinski definition) is 4. The Morgan fingerprint density at radius 3 is 2.59 bits per heavy atom. The topological polar surface area (TPSA) is 55.1 Å². The zero-order valence-electron chi connectivity index (χ0n) is 9.13. The molecule has 0 bridgehead atoms. The lowest BCUT2D eigenvalue weighted by atomic mass is 10.1. The predicted molar refractivity (Wildman–Crippen MR) is 51.5 cm³/mol. The number of nitriles is 1. The first kappa shape index (κ1) is 13.1. The van der Waals surface area contributed by atoms with Crippen LogP contribution < -0.4 is 9.47 Å². The van der Waals surface area contributed by atoms with Gasteiger partial charge in [0.15, 0.2) is 0 Å². The van der Waals surface area contributed by atoms with Gasteiger partial charge in [-0.3, -0.25) is 0 Å². The van der Waals surface area contributed by atoms with Gasteiger partial charge >= 0.3 is 6.36 Å². The van der Waals surface area contributed by atoms with Gasteiger partial charge in [0.25, 0.3) is 0 Å². The Bertz CT molecular complexity index is 452. The zero-order valence-corrected chi connectivity index (χ0v) is 9.13. The first-order chi connectivity index (χ1) is 7.87. The number of halogens is 3. The largest absolute Gasteiger partial charge is 0.574 e. The molecule has 0 atom stereocenters. The second-order valence-corrected chi connectivity index (χ2v) is 3.15. The first-order valence-electron chi connectivity index (χ1n) is 4.54. The van der Waals surface area contributed by atoms with Gasteiger partial charge in [-0.15, -0.1) is 13.2 Å². The molecule has 0 radical (unpaired) electrons. The van der Waals surface area contributed by atoms with E-state index in [-0.39, 0.29) is 17.9 Å². The van der Waals surface area contributed by atoms with Crippen LogP contribution in [0.25, 0.3) is 0 Å². The van der Waals surface area contributed by atoms with Gasteiger partial charge in [0.2, 0.25) is 11.8 Å². The standard InChI is InChI=1S/C10H9F3N2O2/c1-6-5-8(16-2)15-9(7(6)3-4-14)17-10(11,12)13/h5H,3H2,1-2H3. The fraction of sp³-hybridized carbons (Fsp3) is 0.400. The SMILES string of the molecule is COc1cc(C)c(CC#N)c(OC(F)(F)F)n1. The molecule has 0 aliphatic heterocycles. The number of hydrogen-bond donors (Lipinski definition) is 0. The van der Waals surface area contributed by atoms with Gasteiger partial charge in [-0.1, -0.05) is 0 Å². The van der Waals surface area contributed by atoms with Crippen molar-refractivity contribution in [2.45, 2.75) is 19.7 Å². The molecule has 0 aliphatic carbocycles. The average Bonchev–Trinajstić information content (AvgIpc) is 2.20. The van der Waals surface area contributed by atoms with E-state index >= 15 is 0 Å². The highest BCUT2D eigenvalue weighted by Crippen LogP contribution is 2.29. The summed E-state index contributed by atoms with van der Waals surface area (Å²) < 4.78 is 44.9. The third-order valence-corrected chi connectivity index (χ3v) is 1.96. The van der Waals surface area contributed by atoms with Crippen molar-refractivity contribution in [2.75, 3.05) is 7.11 Å². The minimum atomic E-state index is -4.85. The van der Waals surface area contributed by atoms with Crippen molar-refractivity contribution in [2.24, 2.45) is 0 Å². The number of ether oxygens (including phenoxy) is 2. The van der Waals surface area contributed by atoms with E-state index in [4.69, 9.17) is 10.00 Å². The minimum absolute atomic E-state index is 0.00318. The van der Waals surface area contributed by atoms with E-state index in [2.05, 4.69) is 9.72 Å². The van der Waals surface area contributed by atoms with Crippen LogP contribution in [0.15, 0.2) is 6.07 Å². The zero-order chi connectivity index (χ0) is 13.1. The van der Waals surface area contributed by atoms with Gasteiger partial charge in [-0.2, -0.15) is 10.2 Å². The van der Waals surface area contributed by atoms with Crippen molar-refractivity contribution < 1.29 is 22.6 Å². The van der Waals surface area contributed by atoms with Crippen LogP contribution in [0.4, 0.5) is 13.2 Å². The molecule has 0 spiro atoms. The Hall–Kier alpha value is -1.97. The summed E-state index contributed by atoms with van der Waals surface area (Å²) in [5, 5.41) is 8.55. The van der Waals surface area contributed by atoms with Gasteiger partial charge in [0.1, 0.15) is 0 Å². The highest BCUT2D eigenvalue weighted by Gasteiger charge is 2.33. The van der Waals surface area contributed by atoms with Crippen LogP contribution in [0.1, 0.15) is 11.1 Å². The predicted octanol–water partition coefficient (Wildman–Crippen LogP) is 2.36. The second-order valence-electron chi connectivity index (χ2n) is 3.15. The molecule has 0 fully saturated rings. The number of pyridine rings is 1. The van der Waals surface area contributed by atoms with Gasteiger partial charge in [0, 0.05) is 11.6 Å². The molecule has 0 unspecified atom stereocenters. The second kappa shape index (κ2) is 4.91. The maximum atomic E-state index is 12.1. The van der Waals surface area contributed by atoms with Crippen LogP contribution in [-0.4, -0.2) is 18.5 Å². The van der Waals surface area contributed by atoms with E-state index in [1.54, 1.807) is 13.0 Å². The normalized spacial score (nSPS) is 10.8. The third-order valence-electron chi connectivity index (χ3n) is 1.96. The molecule has 1 rings (SSSR count). The number of alkyl halides is 3. The lowest BCUT2D eigenvalue weighted by Gasteiger charge is -2.13.